The monoisotopic (exact) mass is 311 g/mol. The summed E-state index contributed by atoms with van der Waals surface area (Å²) in [6.45, 7) is -0.866. The first-order valence-corrected chi connectivity index (χ1v) is 6.67. The third-order valence-electron chi connectivity index (χ3n) is 2.87. The Bertz CT molecular complexity index is 600. The second-order valence-corrected chi connectivity index (χ2v) is 4.66. The van der Waals surface area contributed by atoms with Crippen LogP contribution in [-0.4, -0.2) is 12.8 Å². The van der Waals surface area contributed by atoms with Crippen LogP contribution in [0, 0.1) is 0 Å². The summed E-state index contributed by atoms with van der Waals surface area (Å²) in [4.78, 5) is 0. The van der Waals surface area contributed by atoms with E-state index in [1.165, 1.54) is 6.07 Å². The number of hydrogen-bond donors (Lipinski definition) is 1. The zero-order valence-corrected chi connectivity index (χ0v) is 11.8. The van der Waals surface area contributed by atoms with Gasteiger partial charge in [-0.15, -0.1) is 0 Å². The van der Waals surface area contributed by atoms with Crippen LogP contribution in [0.2, 0.25) is 0 Å². The maximum atomic E-state index is 12.3. The lowest BCUT2D eigenvalue weighted by molar-refractivity contribution is -0.153. The van der Waals surface area contributed by atoms with Crippen molar-refractivity contribution in [3.8, 4) is 11.5 Å². The van der Waals surface area contributed by atoms with Gasteiger partial charge in [0.1, 0.15) is 6.61 Å². The Kier molecular flexibility index (Phi) is 5.27. The first-order chi connectivity index (χ1) is 10.5. The van der Waals surface area contributed by atoms with Gasteiger partial charge in [0.25, 0.3) is 0 Å². The lowest BCUT2D eigenvalue weighted by Crippen LogP contribution is -2.19. The van der Waals surface area contributed by atoms with Gasteiger partial charge in [0.05, 0.1) is 0 Å². The maximum absolute atomic E-state index is 12.3. The minimum Gasteiger partial charge on any atom is -0.485 e. The number of nitrogens with two attached hydrogens (primary N) is 1. The highest BCUT2D eigenvalue weighted by Gasteiger charge is 2.29. The predicted molar refractivity (Wildman–Crippen MR) is 76.7 cm³/mol. The van der Waals surface area contributed by atoms with E-state index in [0.29, 0.717) is 0 Å². The van der Waals surface area contributed by atoms with Crippen molar-refractivity contribution >= 4 is 0 Å². The zero-order valence-electron chi connectivity index (χ0n) is 11.8. The molecule has 0 saturated carbocycles. The summed E-state index contributed by atoms with van der Waals surface area (Å²) in [6.07, 6.45) is -4.40. The second kappa shape index (κ2) is 7.17. The van der Waals surface area contributed by atoms with E-state index in [4.69, 9.17) is 15.2 Å². The summed E-state index contributed by atoms with van der Waals surface area (Å²) in [7, 11) is 0. The van der Waals surface area contributed by atoms with Crippen LogP contribution >= 0.6 is 0 Å². The van der Waals surface area contributed by atoms with Gasteiger partial charge in [-0.2, -0.15) is 13.2 Å². The van der Waals surface area contributed by atoms with Crippen LogP contribution in [0.5, 0.6) is 11.5 Å². The van der Waals surface area contributed by atoms with E-state index in [9.17, 15) is 13.2 Å². The van der Waals surface area contributed by atoms with Crippen LogP contribution in [0.15, 0.2) is 48.5 Å². The Morgan fingerprint density at radius 3 is 2.23 bits per heavy atom. The van der Waals surface area contributed by atoms with Crippen molar-refractivity contribution in [3.63, 3.8) is 0 Å². The normalized spacial score (nSPS) is 11.3. The molecule has 0 aromatic heterocycles. The van der Waals surface area contributed by atoms with Crippen LogP contribution in [0.1, 0.15) is 11.1 Å². The van der Waals surface area contributed by atoms with Gasteiger partial charge in [-0.25, -0.2) is 0 Å². The molecule has 0 bridgehead atoms. The summed E-state index contributed by atoms with van der Waals surface area (Å²) in [5, 5.41) is 0. The van der Waals surface area contributed by atoms with Gasteiger partial charge in [-0.3, -0.25) is 0 Å². The average molecular weight is 311 g/mol. The van der Waals surface area contributed by atoms with Crippen molar-refractivity contribution in [2.24, 2.45) is 5.73 Å². The van der Waals surface area contributed by atoms with Gasteiger partial charge in [0.2, 0.25) is 0 Å². The lowest BCUT2D eigenvalue weighted by Gasteiger charge is -2.15. The van der Waals surface area contributed by atoms with Gasteiger partial charge in [-0.05, 0) is 23.3 Å². The molecule has 0 fully saturated rings. The fraction of sp³-hybridized carbons (Fsp3) is 0.250. The van der Waals surface area contributed by atoms with Crippen LogP contribution in [0.3, 0.4) is 0 Å². The third kappa shape index (κ3) is 4.96. The molecule has 0 unspecified atom stereocenters. The number of halogens is 3. The third-order valence-corrected chi connectivity index (χ3v) is 2.87. The Labute approximate surface area is 126 Å². The summed E-state index contributed by atoms with van der Waals surface area (Å²) in [5.74, 6) is 0.293. The van der Waals surface area contributed by atoms with E-state index in [-0.39, 0.29) is 24.7 Å². The van der Waals surface area contributed by atoms with Crippen LogP contribution in [-0.2, 0) is 13.2 Å². The highest BCUT2D eigenvalue weighted by molar-refractivity contribution is 5.43. The summed E-state index contributed by atoms with van der Waals surface area (Å²) < 4.78 is 47.2. The maximum Gasteiger partial charge on any atom is 0.422 e. The van der Waals surface area contributed by atoms with Crippen molar-refractivity contribution in [2.75, 3.05) is 6.61 Å². The van der Waals surface area contributed by atoms with Crippen molar-refractivity contribution in [1.82, 2.24) is 0 Å². The molecule has 2 aromatic carbocycles. The summed E-state index contributed by atoms with van der Waals surface area (Å²) >= 11 is 0. The predicted octanol–water partition coefficient (Wildman–Crippen LogP) is 3.67. The van der Waals surface area contributed by atoms with Crippen molar-refractivity contribution in [3.05, 3.63) is 59.7 Å². The van der Waals surface area contributed by atoms with Gasteiger partial charge in [0.15, 0.2) is 18.1 Å². The number of ether oxygens (including phenoxy) is 2. The molecule has 2 N–H and O–H groups in total. The van der Waals surface area contributed by atoms with Gasteiger partial charge in [0, 0.05) is 6.54 Å². The second-order valence-electron chi connectivity index (χ2n) is 4.66. The van der Waals surface area contributed by atoms with Crippen molar-refractivity contribution in [1.29, 1.82) is 0 Å². The summed E-state index contributed by atoms with van der Waals surface area (Å²) in [6, 6.07) is 14.0. The van der Waals surface area contributed by atoms with E-state index in [1.807, 2.05) is 30.3 Å². The molecule has 0 aliphatic rings. The molecular weight excluding hydrogens is 295 g/mol. The van der Waals surface area contributed by atoms with E-state index in [2.05, 4.69) is 0 Å². The summed E-state index contributed by atoms with van der Waals surface area (Å²) in [5.41, 5.74) is 7.20. The molecule has 0 heterocycles. The molecule has 0 spiro atoms. The van der Waals surface area contributed by atoms with Gasteiger partial charge < -0.3 is 15.2 Å². The Morgan fingerprint density at radius 2 is 1.59 bits per heavy atom. The standard InChI is InChI=1S/C16H16F3NO2/c17-16(18,19)11-22-14-7-6-13(9-20)8-15(14)21-10-12-4-2-1-3-5-12/h1-8H,9-11,20H2. The van der Waals surface area contributed by atoms with E-state index in [1.54, 1.807) is 12.1 Å². The Hall–Kier alpha value is -2.21. The highest BCUT2D eigenvalue weighted by Crippen LogP contribution is 2.30. The number of benzene rings is 2. The average Bonchev–Trinajstić information content (AvgIpc) is 2.51. The van der Waals surface area contributed by atoms with Crippen molar-refractivity contribution in [2.45, 2.75) is 19.3 Å². The SMILES string of the molecule is NCc1ccc(OCC(F)(F)F)c(OCc2ccccc2)c1. The molecule has 6 heteroatoms. The minimum atomic E-state index is -4.40. The first-order valence-electron chi connectivity index (χ1n) is 6.67. The molecule has 0 aliphatic carbocycles. The van der Waals surface area contributed by atoms with Crippen LogP contribution in [0.4, 0.5) is 13.2 Å². The van der Waals surface area contributed by atoms with E-state index < -0.39 is 12.8 Å². The molecule has 0 atom stereocenters. The molecule has 22 heavy (non-hydrogen) atoms. The molecule has 0 radical (unpaired) electrons. The zero-order chi connectivity index (χ0) is 16.0. The molecule has 2 rings (SSSR count). The smallest absolute Gasteiger partial charge is 0.422 e. The molecule has 118 valence electrons. The molecule has 3 nitrogen and oxygen atoms in total. The van der Waals surface area contributed by atoms with Crippen molar-refractivity contribution < 1.29 is 22.6 Å². The number of alkyl halides is 3. The van der Waals surface area contributed by atoms with Gasteiger partial charge >= 0.3 is 6.18 Å². The fourth-order valence-electron chi connectivity index (χ4n) is 1.81. The Balaban J connectivity index is 2.12. The molecular formula is C16H16F3NO2. The molecule has 0 saturated heterocycles. The quantitative estimate of drug-likeness (QED) is 0.885. The number of rotatable bonds is 6. The van der Waals surface area contributed by atoms with Crippen LogP contribution in [0.25, 0.3) is 0 Å². The molecule has 0 amide bonds. The fourth-order valence-corrected chi connectivity index (χ4v) is 1.81. The van der Waals surface area contributed by atoms with E-state index >= 15 is 0 Å². The van der Waals surface area contributed by atoms with Crippen LogP contribution < -0.4 is 15.2 Å². The topological polar surface area (TPSA) is 44.5 Å². The highest BCUT2D eigenvalue weighted by atomic mass is 19.4. The van der Waals surface area contributed by atoms with Gasteiger partial charge in [-0.1, -0.05) is 36.4 Å². The molecule has 0 aliphatic heterocycles. The lowest BCUT2D eigenvalue weighted by atomic mass is 10.2. The molecule has 2 aromatic rings. The minimum absolute atomic E-state index is 0.0467. The Morgan fingerprint density at radius 1 is 0.864 bits per heavy atom. The first kappa shape index (κ1) is 16.2. The van der Waals surface area contributed by atoms with E-state index in [0.717, 1.165) is 11.1 Å². The largest absolute Gasteiger partial charge is 0.485 e. The number of hydrogen-bond acceptors (Lipinski definition) is 3.